The maximum atomic E-state index is 11.5. The molecule has 1 aromatic heterocycles. The second-order valence-corrected chi connectivity index (χ2v) is 6.42. The van der Waals surface area contributed by atoms with Crippen molar-refractivity contribution in [2.45, 2.75) is 18.2 Å². The van der Waals surface area contributed by atoms with Crippen molar-refractivity contribution >= 4 is 21.4 Å². The number of nitrogens with one attached hydrogen (secondary N) is 1. The zero-order chi connectivity index (χ0) is 15.6. The monoisotopic (exact) mass is 309 g/mol. The normalized spacial score (nSPS) is 11.6. The number of sulfonamides is 1. The van der Waals surface area contributed by atoms with Crippen LogP contribution in [0.2, 0.25) is 0 Å². The number of hydrogen-bond acceptors (Lipinski definition) is 5. The summed E-state index contributed by atoms with van der Waals surface area (Å²) >= 11 is 0. The third-order valence-electron chi connectivity index (χ3n) is 3.15. The first kappa shape index (κ1) is 15.3. The van der Waals surface area contributed by atoms with Crippen LogP contribution in [-0.2, 0) is 23.5 Å². The summed E-state index contributed by atoms with van der Waals surface area (Å²) < 4.78 is 24.8. The van der Waals surface area contributed by atoms with Crippen molar-refractivity contribution in [3.8, 4) is 0 Å². The van der Waals surface area contributed by atoms with E-state index in [0.717, 1.165) is 12.1 Å². The lowest BCUT2D eigenvalue weighted by molar-refractivity contribution is 0.597. The minimum absolute atomic E-state index is 0.0443. The largest absolute Gasteiger partial charge is 0.399 e. The molecule has 0 spiro atoms. The predicted octanol–water partition coefficient (Wildman–Crippen LogP) is 0.613. The Labute approximate surface area is 124 Å². The number of anilines is 2. The van der Waals surface area contributed by atoms with Gasteiger partial charge in [-0.25, -0.2) is 13.6 Å². The Morgan fingerprint density at radius 2 is 2.10 bits per heavy atom. The van der Waals surface area contributed by atoms with E-state index in [2.05, 4.69) is 10.4 Å². The maximum Gasteiger partial charge on any atom is 0.238 e. The van der Waals surface area contributed by atoms with E-state index in [1.165, 1.54) is 6.07 Å². The maximum absolute atomic E-state index is 11.5. The Morgan fingerprint density at radius 3 is 2.67 bits per heavy atom. The number of hydrogen-bond donors (Lipinski definition) is 3. The first-order valence-corrected chi connectivity index (χ1v) is 7.97. The lowest BCUT2D eigenvalue weighted by Crippen LogP contribution is -2.16. The lowest BCUT2D eigenvalue weighted by atomic mass is 10.1. The fourth-order valence-corrected chi connectivity index (χ4v) is 2.95. The molecule has 0 aliphatic rings. The third-order valence-corrected chi connectivity index (χ3v) is 4.19. The standard InChI is InChI=1S/C13H19N5O2S/c1-9-12(7-10(14)8-13(9)21(15,19)20)16-5-3-11-4-6-18(2)17-11/h4,6-8,16H,3,5,14H2,1-2H3,(H2,15,19,20). The van der Waals surface area contributed by atoms with Crippen LogP contribution in [0.5, 0.6) is 0 Å². The van der Waals surface area contributed by atoms with Gasteiger partial charge in [-0.1, -0.05) is 0 Å². The average Bonchev–Trinajstić information content (AvgIpc) is 2.77. The highest BCUT2D eigenvalue weighted by molar-refractivity contribution is 7.89. The molecule has 0 aliphatic carbocycles. The molecule has 0 radical (unpaired) electrons. The lowest BCUT2D eigenvalue weighted by Gasteiger charge is -2.13. The first-order chi connectivity index (χ1) is 9.77. The predicted molar refractivity (Wildman–Crippen MR) is 82.4 cm³/mol. The van der Waals surface area contributed by atoms with E-state index in [1.807, 2.05) is 19.3 Å². The Balaban J connectivity index is 2.15. The van der Waals surface area contributed by atoms with Crippen LogP contribution in [0.25, 0.3) is 0 Å². The number of nitrogens with two attached hydrogens (primary N) is 2. The van der Waals surface area contributed by atoms with Gasteiger partial charge in [0.25, 0.3) is 0 Å². The van der Waals surface area contributed by atoms with E-state index < -0.39 is 10.0 Å². The minimum Gasteiger partial charge on any atom is -0.399 e. The molecule has 1 aromatic carbocycles. The van der Waals surface area contributed by atoms with Crippen molar-refractivity contribution in [2.24, 2.45) is 12.2 Å². The highest BCUT2D eigenvalue weighted by Crippen LogP contribution is 2.25. The van der Waals surface area contributed by atoms with Crippen LogP contribution in [0.15, 0.2) is 29.3 Å². The fraction of sp³-hybridized carbons (Fsp3) is 0.308. The van der Waals surface area contributed by atoms with Crippen molar-refractivity contribution < 1.29 is 8.42 Å². The number of primary sulfonamides is 1. The van der Waals surface area contributed by atoms with E-state index in [4.69, 9.17) is 10.9 Å². The highest BCUT2D eigenvalue weighted by atomic mass is 32.2. The Bertz CT molecular complexity index is 752. The van der Waals surface area contributed by atoms with E-state index in [-0.39, 0.29) is 4.90 Å². The zero-order valence-corrected chi connectivity index (χ0v) is 12.8. The van der Waals surface area contributed by atoms with Crippen molar-refractivity contribution in [3.63, 3.8) is 0 Å². The van der Waals surface area contributed by atoms with Gasteiger partial charge in [-0.05, 0) is 30.7 Å². The molecule has 7 nitrogen and oxygen atoms in total. The average molecular weight is 309 g/mol. The molecule has 8 heteroatoms. The summed E-state index contributed by atoms with van der Waals surface area (Å²) in [4.78, 5) is 0.0443. The molecule has 2 rings (SSSR count). The van der Waals surface area contributed by atoms with Gasteiger partial charge < -0.3 is 11.1 Å². The summed E-state index contributed by atoms with van der Waals surface area (Å²) in [5.41, 5.74) is 8.27. The van der Waals surface area contributed by atoms with Crippen LogP contribution in [0.4, 0.5) is 11.4 Å². The molecule has 21 heavy (non-hydrogen) atoms. The van der Waals surface area contributed by atoms with Crippen molar-refractivity contribution in [1.82, 2.24) is 9.78 Å². The summed E-state index contributed by atoms with van der Waals surface area (Å²) in [6.45, 7) is 2.31. The number of nitrogens with zero attached hydrogens (tertiary/aromatic N) is 2. The molecule has 5 N–H and O–H groups in total. The fourth-order valence-electron chi connectivity index (χ4n) is 2.11. The first-order valence-electron chi connectivity index (χ1n) is 6.42. The summed E-state index contributed by atoms with van der Waals surface area (Å²) in [5.74, 6) is 0. The van der Waals surface area contributed by atoms with Gasteiger partial charge in [-0.3, -0.25) is 4.68 Å². The summed E-state index contributed by atoms with van der Waals surface area (Å²) in [5, 5.41) is 12.6. The number of aryl methyl sites for hydroxylation is 1. The summed E-state index contributed by atoms with van der Waals surface area (Å²) in [6.07, 6.45) is 2.60. The molecule has 2 aromatic rings. The molecular formula is C13H19N5O2S. The smallest absolute Gasteiger partial charge is 0.238 e. The van der Waals surface area contributed by atoms with Gasteiger partial charge in [0.2, 0.25) is 10.0 Å². The van der Waals surface area contributed by atoms with Gasteiger partial charge in [0.15, 0.2) is 0 Å². The molecule has 0 amide bonds. The van der Waals surface area contributed by atoms with Crippen molar-refractivity contribution in [2.75, 3.05) is 17.6 Å². The Hall–Kier alpha value is -2.06. The van der Waals surface area contributed by atoms with E-state index in [9.17, 15) is 8.42 Å². The van der Waals surface area contributed by atoms with Crippen molar-refractivity contribution in [1.29, 1.82) is 0 Å². The van der Waals surface area contributed by atoms with Crippen LogP contribution < -0.4 is 16.2 Å². The molecule has 0 saturated carbocycles. The van der Waals surface area contributed by atoms with Gasteiger partial charge in [0, 0.05) is 37.6 Å². The van der Waals surface area contributed by atoms with Crippen molar-refractivity contribution in [3.05, 3.63) is 35.7 Å². The van der Waals surface area contributed by atoms with Gasteiger partial charge in [0.05, 0.1) is 10.6 Å². The molecule has 0 atom stereocenters. The zero-order valence-electron chi connectivity index (χ0n) is 12.0. The second-order valence-electron chi connectivity index (χ2n) is 4.89. The van der Waals surface area contributed by atoms with E-state index in [1.54, 1.807) is 17.7 Å². The van der Waals surface area contributed by atoms with Crippen LogP contribution in [0.3, 0.4) is 0 Å². The molecular weight excluding hydrogens is 290 g/mol. The molecule has 114 valence electrons. The number of benzene rings is 1. The number of aromatic nitrogens is 2. The SMILES string of the molecule is Cc1c(NCCc2ccn(C)n2)cc(N)cc1S(N)(=O)=O. The summed E-state index contributed by atoms with van der Waals surface area (Å²) in [7, 11) is -1.93. The van der Waals surface area contributed by atoms with E-state index >= 15 is 0 Å². The van der Waals surface area contributed by atoms with Crippen LogP contribution in [0.1, 0.15) is 11.3 Å². The molecule has 0 bridgehead atoms. The van der Waals surface area contributed by atoms with Crippen LogP contribution in [-0.4, -0.2) is 24.7 Å². The Morgan fingerprint density at radius 1 is 1.38 bits per heavy atom. The third kappa shape index (κ3) is 3.73. The van der Waals surface area contributed by atoms with Crippen LogP contribution in [0, 0.1) is 6.92 Å². The van der Waals surface area contributed by atoms with E-state index in [0.29, 0.717) is 23.5 Å². The topological polar surface area (TPSA) is 116 Å². The molecule has 0 unspecified atom stereocenters. The molecule has 0 aliphatic heterocycles. The van der Waals surface area contributed by atoms with Gasteiger partial charge in [-0.15, -0.1) is 0 Å². The second kappa shape index (κ2) is 5.74. The van der Waals surface area contributed by atoms with Gasteiger partial charge in [-0.2, -0.15) is 5.10 Å². The highest BCUT2D eigenvalue weighted by Gasteiger charge is 2.15. The number of nitrogen functional groups attached to an aromatic ring is 1. The quantitative estimate of drug-likeness (QED) is 0.700. The summed E-state index contributed by atoms with van der Waals surface area (Å²) in [6, 6.07) is 5.00. The molecule has 1 heterocycles. The molecule has 0 fully saturated rings. The minimum atomic E-state index is -3.79. The Kier molecular flexibility index (Phi) is 4.19. The van der Waals surface area contributed by atoms with Gasteiger partial charge in [0.1, 0.15) is 0 Å². The van der Waals surface area contributed by atoms with Gasteiger partial charge >= 0.3 is 0 Å². The molecule has 0 saturated heterocycles. The number of rotatable bonds is 5. The van der Waals surface area contributed by atoms with Crippen LogP contribution >= 0.6 is 0 Å².